The van der Waals surface area contributed by atoms with Crippen LogP contribution in [0.15, 0.2) is 18.2 Å². The van der Waals surface area contributed by atoms with E-state index in [2.05, 4.69) is 20.8 Å². The van der Waals surface area contributed by atoms with E-state index in [1.165, 1.54) is 12.1 Å². The predicted octanol–water partition coefficient (Wildman–Crippen LogP) is 7.66. The van der Waals surface area contributed by atoms with E-state index in [1.807, 2.05) is 4.90 Å². The summed E-state index contributed by atoms with van der Waals surface area (Å²) in [6.07, 6.45) is 3.56. The molecule has 0 saturated carbocycles. The summed E-state index contributed by atoms with van der Waals surface area (Å²) in [7, 11) is 0. The third-order valence-corrected chi connectivity index (χ3v) is 10.7. The number of nitrogens with zero attached hydrogens (tertiary/aromatic N) is 6. The predicted molar refractivity (Wildman–Crippen MR) is 170 cm³/mol. The zero-order valence-electron chi connectivity index (χ0n) is 24.3. The lowest BCUT2D eigenvalue weighted by molar-refractivity contribution is 0.107. The van der Waals surface area contributed by atoms with Crippen molar-refractivity contribution in [3.05, 3.63) is 46.3 Å². The van der Waals surface area contributed by atoms with E-state index < -0.39 is 23.3 Å². The molecule has 232 valence electrons. The van der Waals surface area contributed by atoms with E-state index in [0.717, 1.165) is 50.0 Å². The van der Waals surface area contributed by atoms with Gasteiger partial charge in [0.2, 0.25) is 5.69 Å². The number of ether oxygens (including phenoxy) is 1. The topological polar surface area (TPSA) is 95.7 Å². The van der Waals surface area contributed by atoms with E-state index in [-0.39, 0.29) is 61.0 Å². The second kappa shape index (κ2) is 11.5. The van der Waals surface area contributed by atoms with Gasteiger partial charge in [-0.1, -0.05) is 24.1 Å². The van der Waals surface area contributed by atoms with E-state index in [4.69, 9.17) is 33.6 Å². The number of alkyl halides is 1. The minimum absolute atomic E-state index is 0.0270. The van der Waals surface area contributed by atoms with Crippen LogP contribution in [0.4, 0.5) is 29.7 Å². The van der Waals surface area contributed by atoms with Gasteiger partial charge in [-0.3, -0.25) is 4.90 Å². The Balaban J connectivity index is 1.40. The normalized spacial score (nSPS) is 23.6. The Labute approximate surface area is 267 Å². The second-order valence-corrected chi connectivity index (χ2v) is 13.6. The van der Waals surface area contributed by atoms with Crippen LogP contribution >= 0.6 is 22.9 Å². The number of hydrogen-bond donors (Lipinski definition) is 1. The van der Waals surface area contributed by atoms with Crippen LogP contribution < -0.4 is 15.4 Å². The standard InChI is InChI=1S/C32H29ClF3N7OS/c1-39-27-24-19(6-7-22(35)28(24)45-29(27)38)23-21(33)11-20-26(25(23)36)40-31(41-30(20)42-9-3-2-5-17(13-37)14-42)44-16-32-8-4-10-43(32)15-18(34)12-32/h6-7,11,17-18H,2-5,8-10,12,14-16,38H2/t17-,18-,32+/m1/s1. The molecule has 8 nitrogen and oxygen atoms in total. The highest BCUT2D eigenvalue weighted by molar-refractivity contribution is 7.23. The first kappa shape index (κ1) is 29.8. The van der Waals surface area contributed by atoms with Gasteiger partial charge in [-0.2, -0.15) is 15.2 Å². The first-order chi connectivity index (χ1) is 21.7. The molecule has 3 saturated heterocycles. The second-order valence-electron chi connectivity index (χ2n) is 12.1. The van der Waals surface area contributed by atoms with Gasteiger partial charge in [0.15, 0.2) is 5.82 Å². The Morgan fingerprint density at radius 3 is 2.87 bits per heavy atom. The number of nitrogen functional groups attached to an aromatic ring is 1. The molecule has 45 heavy (non-hydrogen) atoms. The van der Waals surface area contributed by atoms with Crippen molar-refractivity contribution < 1.29 is 17.9 Å². The van der Waals surface area contributed by atoms with Gasteiger partial charge in [-0.05, 0) is 49.9 Å². The highest BCUT2D eigenvalue weighted by Gasteiger charge is 2.49. The lowest BCUT2D eigenvalue weighted by Gasteiger charge is -2.31. The first-order valence-electron chi connectivity index (χ1n) is 15.0. The summed E-state index contributed by atoms with van der Waals surface area (Å²) in [5.74, 6) is -1.20. The maximum Gasteiger partial charge on any atom is 0.319 e. The van der Waals surface area contributed by atoms with Gasteiger partial charge in [0, 0.05) is 42.4 Å². The molecule has 0 unspecified atom stereocenters. The maximum absolute atomic E-state index is 16.9. The summed E-state index contributed by atoms with van der Waals surface area (Å²) >= 11 is 7.73. The van der Waals surface area contributed by atoms with Gasteiger partial charge in [0.25, 0.3) is 0 Å². The van der Waals surface area contributed by atoms with Crippen LogP contribution in [-0.4, -0.2) is 59.4 Å². The number of aromatic nitrogens is 2. The molecule has 13 heteroatoms. The number of benzene rings is 2. The highest BCUT2D eigenvalue weighted by Crippen LogP contribution is 2.49. The van der Waals surface area contributed by atoms with Crippen LogP contribution in [-0.2, 0) is 0 Å². The fourth-order valence-corrected chi connectivity index (χ4v) is 8.53. The molecule has 4 aromatic rings. The summed E-state index contributed by atoms with van der Waals surface area (Å²) in [5, 5.41) is 10.4. The van der Waals surface area contributed by atoms with Gasteiger partial charge >= 0.3 is 6.01 Å². The number of rotatable bonds is 5. The molecular formula is C32H29ClF3N7OS. The Hall–Kier alpha value is -3.84. The minimum Gasteiger partial charge on any atom is -0.461 e. The van der Waals surface area contributed by atoms with E-state index >= 15 is 4.39 Å². The van der Waals surface area contributed by atoms with Crippen molar-refractivity contribution in [3.63, 3.8) is 0 Å². The number of halogens is 4. The van der Waals surface area contributed by atoms with Crippen LogP contribution in [0.1, 0.15) is 38.5 Å². The zero-order chi connectivity index (χ0) is 31.5. The van der Waals surface area contributed by atoms with Gasteiger partial charge < -0.3 is 15.4 Å². The third-order valence-electron chi connectivity index (χ3n) is 9.40. The average molecular weight is 652 g/mol. The van der Waals surface area contributed by atoms with Crippen molar-refractivity contribution in [2.24, 2.45) is 5.92 Å². The Morgan fingerprint density at radius 2 is 2.07 bits per heavy atom. The highest BCUT2D eigenvalue weighted by atomic mass is 35.5. The SMILES string of the molecule is [C-]#[N+]c1c(N)sc2c(F)ccc(-c3c(Cl)cc4c(N5CCCC[C@H](C#N)C5)nc(OC[C@@]56CCCN5C[C@H](F)C6)nc4c3F)c12. The number of anilines is 2. The van der Waals surface area contributed by atoms with Crippen LogP contribution in [0.3, 0.4) is 0 Å². The van der Waals surface area contributed by atoms with Crippen molar-refractivity contribution in [3.8, 4) is 23.2 Å². The number of hydrogen-bond acceptors (Lipinski definition) is 8. The molecule has 0 radical (unpaired) electrons. The summed E-state index contributed by atoms with van der Waals surface area (Å²) in [4.78, 5) is 16.8. The molecule has 3 aliphatic rings. The van der Waals surface area contributed by atoms with Crippen molar-refractivity contribution in [2.75, 3.05) is 43.4 Å². The lowest BCUT2D eigenvalue weighted by Crippen LogP contribution is -2.43. The van der Waals surface area contributed by atoms with E-state index in [0.29, 0.717) is 37.3 Å². The average Bonchev–Trinajstić information content (AvgIpc) is 3.59. The van der Waals surface area contributed by atoms with Crippen molar-refractivity contribution >= 4 is 60.4 Å². The molecule has 5 heterocycles. The van der Waals surface area contributed by atoms with Gasteiger partial charge in [0.1, 0.15) is 29.9 Å². The first-order valence-corrected chi connectivity index (χ1v) is 16.2. The fraction of sp³-hybridized carbons (Fsp3) is 0.438. The largest absolute Gasteiger partial charge is 0.461 e. The van der Waals surface area contributed by atoms with Gasteiger partial charge in [0.05, 0.1) is 38.8 Å². The van der Waals surface area contributed by atoms with Crippen LogP contribution in [0, 0.1) is 35.5 Å². The van der Waals surface area contributed by atoms with E-state index in [9.17, 15) is 14.0 Å². The summed E-state index contributed by atoms with van der Waals surface area (Å²) in [5.41, 5.74) is 5.73. The molecule has 0 aliphatic carbocycles. The summed E-state index contributed by atoms with van der Waals surface area (Å²) in [6, 6.07) is 6.47. The lowest BCUT2D eigenvalue weighted by atomic mass is 9.95. The molecule has 0 spiro atoms. The molecule has 3 atom stereocenters. The molecule has 3 fully saturated rings. The molecule has 2 aromatic carbocycles. The summed E-state index contributed by atoms with van der Waals surface area (Å²) < 4.78 is 52.5. The molecular weight excluding hydrogens is 623 g/mol. The number of nitrogens with two attached hydrogens (primary N) is 1. The van der Waals surface area contributed by atoms with Crippen molar-refractivity contribution in [1.82, 2.24) is 14.9 Å². The van der Waals surface area contributed by atoms with Crippen molar-refractivity contribution in [1.29, 1.82) is 5.26 Å². The third kappa shape index (κ3) is 5.00. The van der Waals surface area contributed by atoms with Gasteiger partial charge in [-0.25, -0.2) is 18.0 Å². The minimum atomic E-state index is -0.942. The number of nitriles is 1. The molecule has 2 aromatic heterocycles. The van der Waals surface area contributed by atoms with Crippen molar-refractivity contribution in [2.45, 2.75) is 50.2 Å². The van der Waals surface area contributed by atoms with Gasteiger partial charge in [-0.15, -0.1) is 11.3 Å². The Bertz CT molecular complexity index is 1920. The maximum atomic E-state index is 16.9. The Kier molecular flexibility index (Phi) is 7.63. The van der Waals surface area contributed by atoms with Crippen LogP contribution in [0.2, 0.25) is 5.02 Å². The molecule has 0 amide bonds. The fourth-order valence-electron chi connectivity index (χ4n) is 7.29. The molecule has 7 rings (SSSR count). The van der Waals surface area contributed by atoms with Crippen LogP contribution in [0.25, 0.3) is 37.0 Å². The molecule has 3 aliphatic heterocycles. The summed E-state index contributed by atoms with van der Waals surface area (Å²) in [6.45, 7) is 9.95. The number of thiophene rings is 1. The van der Waals surface area contributed by atoms with E-state index in [1.54, 1.807) is 6.07 Å². The molecule has 2 N–H and O–H groups in total. The smallest absolute Gasteiger partial charge is 0.319 e. The number of fused-ring (bicyclic) bond motifs is 3. The quantitative estimate of drug-likeness (QED) is 0.221. The Morgan fingerprint density at radius 1 is 1.22 bits per heavy atom. The monoisotopic (exact) mass is 651 g/mol. The molecule has 0 bridgehead atoms. The zero-order valence-corrected chi connectivity index (χ0v) is 25.8. The van der Waals surface area contributed by atoms with Crippen LogP contribution in [0.5, 0.6) is 6.01 Å².